The lowest BCUT2D eigenvalue weighted by Crippen LogP contribution is -2.17. The number of aliphatic hydroxyl groups excluding tert-OH is 1. The maximum absolute atomic E-state index is 12.6. The van der Waals surface area contributed by atoms with Gasteiger partial charge in [-0.1, -0.05) is 31.6 Å². The molecule has 1 unspecified atom stereocenters. The summed E-state index contributed by atoms with van der Waals surface area (Å²) < 4.78 is 42.7. The summed E-state index contributed by atoms with van der Waals surface area (Å²) in [6.07, 6.45) is -5.60. The summed E-state index contributed by atoms with van der Waals surface area (Å²) in [6.45, 7) is 6.03. The second kappa shape index (κ2) is 5.90. The zero-order chi connectivity index (χ0) is 15.6. The minimum Gasteiger partial charge on any atom is -0.496 e. The number of hydrogen-bond donors (Lipinski definition) is 1. The fraction of sp³-hybridized carbons (Fsp3) is 0.429. The van der Waals surface area contributed by atoms with E-state index in [1.807, 2.05) is 19.6 Å². The number of halogens is 3. The molecule has 1 aromatic rings. The average molecular weight is 302 g/mol. The Morgan fingerprint density at radius 2 is 1.85 bits per heavy atom. The summed E-state index contributed by atoms with van der Waals surface area (Å²) in [6, 6.07) is 2.98. The van der Waals surface area contributed by atoms with Crippen LogP contribution < -0.4 is 4.74 Å². The van der Waals surface area contributed by atoms with E-state index in [2.05, 4.69) is 11.5 Å². The predicted molar refractivity (Wildman–Crippen MR) is 74.1 cm³/mol. The van der Waals surface area contributed by atoms with Gasteiger partial charge < -0.3 is 9.84 Å². The van der Waals surface area contributed by atoms with Gasteiger partial charge in [-0.25, -0.2) is 0 Å². The van der Waals surface area contributed by atoms with E-state index in [1.54, 1.807) is 0 Å². The van der Waals surface area contributed by atoms with Crippen molar-refractivity contribution in [1.82, 2.24) is 0 Å². The fourth-order valence-corrected chi connectivity index (χ4v) is 2.05. The molecule has 1 rings (SSSR count). The Kier molecular flexibility index (Phi) is 4.89. The highest BCUT2D eigenvalue weighted by molar-refractivity contribution is 6.83. The zero-order valence-electron chi connectivity index (χ0n) is 11.8. The Hall–Kier alpha value is -1.45. The van der Waals surface area contributed by atoms with Gasteiger partial charge in [0, 0.05) is 5.56 Å². The number of ether oxygens (including phenoxy) is 1. The normalized spacial score (nSPS) is 13.4. The molecule has 0 saturated carbocycles. The molecule has 0 aliphatic carbocycles. The molecule has 0 spiro atoms. The summed E-state index contributed by atoms with van der Waals surface area (Å²) in [5.74, 6) is 2.66. The molecule has 1 atom stereocenters. The molecule has 0 fully saturated rings. The largest absolute Gasteiger partial charge is 0.496 e. The number of rotatable bonds is 2. The Labute approximate surface area is 117 Å². The Morgan fingerprint density at radius 1 is 1.25 bits per heavy atom. The molecule has 0 aliphatic rings. The monoisotopic (exact) mass is 302 g/mol. The van der Waals surface area contributed by atoms with Crippen molar-refractivity contribution in [2.45, 2.75) is 31.9 Å². The first kappa shape index (κ1) is 16.6. The lowest BCUT2D eigenvalue weighted by atomic mass is 10.1. The molecule has 0 aliphatic heterocycles. The van der Waals surface area contributed by atoms with Crippen LogP contribution in [-0.4, -0.2) is 20.3 Å². The summed E-state index contributed by atoms with van der Waals surface area (Å²) in [4.78, 5) is 0. The van der Waals surface area contributed by atoms with Gasteiger partial charge in [-0.3, -0.25) is 0 Å². The van der Waals surface area contributed by atoms with Gasteiger partial charge in [0.25, 0.3) is 0 Å². The van der Waals surface area contributed by atoms with Crippen LogP contribution >= 0.6 is 0 Å². The van der Waals surface area contributed by atoms with Crippen molar-refractivity contribution < 1.29 is 23.0 Å². The Bertz CT molecular complexity index is 536. The lowest BCUT2D eigenvalue weighted by molar-refractivity contribution is -0.137. The third-order valence-electron chi connectivity index (χ3n) is 2.44. The van der Waals surface area contributed by atoms with Gasteiger partial charge in [-0.15, -0.1) is 5.54 Å². The number of benzene rings is 1. The van der Waals surface area contributed by atoms with E-state index in [-0.39, 0.29) is 11.3 Å². The minimum atomic E-state index is -4.44. The van der Waals surface area contributed by atoms with Crippen LogP contribution in [0.25, 0.3) is 0 Å². The van der Waals surface area contributed by atoms with Crippen LogP contribution in [0.2, 0.25) is 19.6 Å². The van der Waals surface area contributed by atoms with E-state index in [4.69, 9.17) is 4.74 Å². The van der Waals surface area contributed by atoms with E-state index in [9.17, 15) is 18.3 Å². The smallest absolute Gasteiger partial charge is 0.416 e. The molecule has 6 heteroatoms. The van der Waals surface area contributed by atoms with Gasteiger partial charge in [-0.2, -0.15) is 13.2 Å². The molecule has 0 amide bonds. The van der Waals surface area contributed by atoms with Crippen molar-refractivity contribution in [2.75, 3.05) is 7.11 Å². The van der Waals surface area contributed by atoms with Crippen LogP contribution in [-0.2, 0) is 6.18 Å². The summed E-state index contributed by atoms with van der Waals surface area (Å²) in [5, 5.41) is 9.98. The number of aliphatic hydroxyl groups is 1. The van der Waals surface area contributed by atoms with Gasteiger partial charge in [0.15, 0.2) is 0 Å². The molecular weight excluding hydrogens is 285 g/mol. The second-order valence-corrected chi connectivity index (χ2v) is 10.1. The Balaban J connectivity index is 3.16. The second-order valence-electron chi connectivity index (χ2n) is 5.38. The van der Waals surface area contributed by atoms with Crippen LogP contribution in [0.5, 0.6) is 5.75 Å². The van der Waals surface area contributed by atoms with Gasteiger partial charge in [0.1, 0.15) is 19.9 Å². The van der Waals surface area contributed by atoms with Crippen molar-refractivity contribution in [3.63, 3.8) is 0 Å². The van der Waals surface area contributed by atoms with Crippen LogP contribution in [0.4, 0.5) is 13.2 Å². The van der Waals surface area contributed by atoms with Crippen molar-refractivity contribution in [3.8, 4) is 17.2 Å². The molecule has 0 heterocycles. The van der Waals surface area contributed by atoms with Gasteiger partial charge in [0.2, 0.25) is 0 Å². The van der Waals surface area contributed by atoms with Crippen LogP contribution in [0.3, 0.4) is 0 Å². The molecule has 0 bridgehead atoms. The fourth-order valence-electron chi connectivity index (χ4n) is 1.48. The molecule has 0 radical (unpaired) electrons. The van der Waals surface area contributed by atoms with Gasteiger partial charge in [0.05, 0.1) is 12.7 Å². The van der Waals surface area contributed by atoms with Gasteiger partial charge >= 0.3 is 6.18 Å². The zero-order valence-corrected chi connectivity index (χ0v) is 12.8. The SMILES string of the molecule is COc1cc(C(F)(F)F)ccc1C(O)C#C[Si](C)(C)C. The highest BCUT2D eigenvalue weighted by Crippen LogP contribution is 2.34. The van der Waals surface area contributed by atoms with Crippen molar-refractivity contribution in [1.29, 1.82) is 0 Å². The van der Waals surface area contributed by atoms with Gasteiger partial charge in [-0.05, 0) is 12.1 Å². The first-order valence-electron chi connectivity index (χ1n) is 6.00. The molecule has 20 heavy (non-hydrogen) atoms. The maximum atomic E-state index is 12.6. The Morgan fingerprint density at radius 3 is 2.30 bits per heavy atom. The first-order valence-corrected chi connectivity index (χ1v) is 9.50. The van der Waals surface area contributed by atoms with Crippen molar-refractivity contribution in [2.24, 2.45) is 0 Å². The summed E-state index contributed by atoms with van der Waals surface area (Å²) in [5.41, 5.74) is 2.40. The predicted octanol–water partition coefficient (Wildman–Crippen LogP) is 3.63. The highest BCUT2D eigenvalue weighted by atomic mass is 28.3. The standard InChI is InChI=1S/C14H17F3O2Si/c1-19-13-9-10(14(15,16)17)5-6-11(13)12(18)7-8-20(2,3)4/h5-6,9,12,18H,1-4H3. The molecule has 0 aromatic heterocycles. The molecule has 0 saturated heterocycles. The van der Waals surface area contributed by atoms with E-state index < -0.39 is 25.9 Å². The molecule has 2 nitrogen and oxygen atoms in total. The van der Waals surface area contributed by atoms with E-state index in [0.29, 0.717) is 0 Å². The molecular formula is C14H17F3O2Si. The first-order chi connectivity index (χ1) is 9.04. The minimum absolute atomic E-state index is 0.0165. The van der Waals surface area contributed by atoms with Crippen LogP contribution in [0, 0.1) is 11.5 Å². The molecule has 1 N–H and O–H groups in total. The lowest BCUT2D eigenvalue weighted by Gasteiger charge is -2.14. The third kappa shape index (κ3) is 4.58. The average Bonchev–Trinajstić information content (AvgIpc) is 2.33. The quantitative estimate of drug-likeness (QED) is 0.668. The van der Waals surface area contributed by atoms with Crippen molar-refractivity contribution >= 4 is 8.07 Å². The third-order valence-corrected chi connectivity index (χ3v) is 3.33. The number of hydrogen-bond acceptors (Lipinski definition) is 2. The number of methoxy groups -OCH3 is 1. The van der Waals surface area contributed by atoms with Crippen molar-refractivity contribution in [3.05, 3.63) is 29.3 Å². The summed E-state index contributed by atoms with van der Waals surface area (Å²) >= 11 is 0. The van der Waals surface area contributed by atoms with E-state index in [0.717, 1.165) is 12.1 Å². The van der Waals surface area contributed by atoms with E-state index in [1.165, 1.54) is 13.2 Å². The van der Waals surface area contributed by atoms with Crippen LogP contribution in [0.1, 0.15) is 17.2 Å². The topological polar surface area (TPSA) is 29.5 Å². The summed E-state index contributed by atoms with van der Waals surface area (Å²) in [7, 11) is -0.402. The van der Waals surface area contributed by atoms with E-state index >= 15 is 0 Å². The molecule has 110 valence electrons. The highest BCUT2D eigenvalue weighted by Gasteiger charge is 2.31. The van der Waals surface area contributed by atoms with Crippen LogP contribution in [0.15, 0.2) is 18.2 Å². The number of alkyl halides is 3. The molecule has 1 aromatic carbocycles. The maximum Gasteiger partial charge on any atom is 0.416 e.